The third-order valence-electron chi connectivity index (χ3n) is 2.64. The summed E-state index contributed by atoms with van der Waals surface area (Å²) in [4.78, 5) is 4.92. The highest BCUT2D eigenvalue weighted by Gasteiger charge is 2.33. The number of nitrogens with two attached hydrogens (primary N) is 1. The van der Waals surface area contributed by atoms with E-state index in [9.17, 15) is 13.2 Å². The molecular weight excluding hydrogens is 257 g/mol. The molecule has 0 saturated carbocycles. The molecule has 19 heavy (non-hydrogen) atoms. The van der Waals surface area contributed by atoms with Crippen molar-refractivity contribution in [2.24, 2.45) is 5.92 Å². The summed E-state index contributed by atoms with van der Waals surface area (Å²) in [5.74, 6) is -0.304. The number of hydrogen-bond donors (Lipinski definition) is 1. The number of rotatable bonds is 4. The van der Waals surface area contributed by atoms with Gasteiger partial charge in [0, 0.05) is 13.1 Å². The molecule has 0 saturated heterocycles. The van der Waals surface area contributed by atoms with Crippen molar-refractivity contribution in [3.05, 3.63) is 18.0 Å². The van der Waals surface area contributed by atoms with Crippen molar-refractivity contribution in [1.82, 2.24) is 4.98 Å². The number of pyridine rings is 1. The largest absolute Gasteiger partial charge is 0.433 e. The molecule has 1 heterocycles. The van der Waals surface area contributed by atoms with Gasteiger partial charge in [-0.1, -0.05) is 0 Å². The Morgan fingerprint density at radius 2 is 2.16 bits per heavy atom. The lowest BCUT2D eigenvalue weighted by molar-refractivity contribution is -0.141. The van der Waals surface area contributed by atoms with Crippen LogP contribution >= 0.6 is 0 Å². The molecule has 2 N–H and O–H groups in total. The van der Waals surface area contributed by atoms with E-state index in [0.717, 1.165) is 12.3 Å². The molecule has 1 aromatic heterocycles. The Balaban J connectivity index is 3.13. The summed E-state index contributed by atoms with van der Waals surface area (Å²) < 4.78 is 37.9. The zero-order valence-corrected chi connectivity index (χ0v) is 10.7. The highest BCUT2D eigenvalue weighted by molar-refractivity contribution is 5.67. The number of aromatic nitrogens is 1. The molecule has 0 fully saturated rings. The summed E-state index contributed by atoms with van der Waals surface area (Å²) in [5, 5.41) is 8.78. The predicted molar refractivity (Wildman–Crippen MR) is 66.3 cm³/mol. The van der Waals surface area contributed by atoms with Crippen LogP contribution in [0.2, 0.25) is 0 Å². The zero-order valence-electron chi connectivity index (χ0n) is 10.7. The predicted octanol–water partition coefficient (Wildman–Crippen LogP) is 2.67. The quantitative estimate of drug-likeness (QED) is 0.915. The van der Waals surface area contributed by atoms with Gasteiger partial charge < -0.3 is 10.6 Å². The van der Waals surface area contributed by atoms with Crippen LogP contribution in [0.3, 0.4) is 0 Å². The fraction of sp³-hybridized carbons (Fsp3) is 0.500. The van der Waals surface area contributed by atoms with Gasteiger partial charge in [-0.25, -0.2) is 4.98 Å². The topological polar surface area (TPSA) is 65.9 Å². The molecule has 1 atom stereocenters. The van der Waals surface area contributed by atoms with Gasteiger partial charge in [0.2, 0.25) is 0 Å². The third kappa shape index (κ3) is 3.74. The number of halogens is 3. The first-order valence-electron chi connectivity index (χ1n) is 5.76. The van der Waals surface area contributed by atoms with E-state index < -0.39 is 11.9 Å². The molecule has 0 aliphatic rings. The van der Waals surface area contributed by atoms with Crippen LogP contribution in [-0.4, -0.2) is 18.1 Å². The van der Waals surface area contributed by atoms with Crippen molar-refractivity contribution in [1.29, 1.82) is 5.26 Å². The van der Waals surface area contributed by atoms with Gasteiger partial charge in [-0.15, -0.1) is 0 Å². The minimum Gasteiger partial charge on any atom is -0.396 e. The molecule has 0 aromatic carbocycles. The van der Waals surface area contributed by atoms with E-state index in [-0.39, 0.29) is 17.3 Å². The van der Waals surface area contributed by atoms with Crippen LogP contribution in [0.25, 0.3) is 0 Å². The van der Waals surface area contributed by atoms with Crippen LogP contribution in [0.4, 0.5) is 24.5 Å². The lowest BCUT2D eigenvalue weighted by atomic mass is 10.1. The number of nitrogen functional groups attached to an aromatic ring is 1. The second kappa shape index (κ2) is 5.78. The molecular formula is C12H15F3N4. The average Bonchev–Trinajstić information content (AvgIpc) is 2.35. The van der Waals surface area contributed by atoms with Crippen LogP contribution in [0.1, 0.15) is 19.5 Å². The first kappa shape index (κ1) is 15.1. The first-order valence-corrected chi connectivity index (χ1v) is 5.76. The van der Waals surface area contributed by atoms with E-state index in [0.29, 0.717) is 13.1 Å². The number of anilines is 2. The lowest BCUT2D eigenvalue weighted by Crippen LogP contribution is -2.29. The number of alkyl halides is 3. The third-order valence-corrected chi connectivity index (χ3v) is 2.64. The Bertz CT molecular complexity index is 479. The van der Waals surface area contributed by atoms with E-state index in [1.807, 2.05) is 6.07 Å². The first-order chi connectivity index (χ1) is 8.79. The number of nitriles is 1. The Kier molecular flexibility index (Phi) is 4.59. The number of hydrogen-bond acceptors (Lipinski definition) is 4. The highest BCUT2D eigenvalue weighted by Crippen LogP contribution is 2.32. The average molecular weight is 272 g/mol. The summed E-state index contributed by atoms with van der Waals surface area (Å²) in [5.41, 5.74) is 5.11. The van der Waals surface area contributed by atoms with Crippen LogP contribution in [0.15, 0.2) is 12.3 Å². The molecule has 1 rings (SSSR count). The van der Waals surface area contributed by atoms with Crippen molar-refractivity contribution in [2.75, 3.05) is 23.7 Å². The second-order valence-electron chi connectivity index (χ2n) is 4.19. The Labute approximate surface area is 109 Å². The summed E-state index contributed by atoms with van der Waals surface area (Å²) in [6.07, 6.45) is -3.51. The molecule has 0 aliphatic carbocycles. The maximum absolute atomic E-state index is 12.6. The fourth-order valence-electron chi connectivity index (χ4n) is 1.65. The van der Waals surface area contributed by atoms with Gasteiger partial charge in [0.05, 0.1) is 29.6 Å². The zero-order chi connectivity index (χ0) is 14.6. The van der Waals surface area contributed by atoms with E-state index in [2.05, 4.69) is 4.98 Å². The smallest absolute Gasteiger partial charge is 0.396 e. The van der Waals surface area contributed by atoms with Gasteiger partial charge in [-0.05, 0) is 19.9 Å². The second-order valence-corrected chi connectivity index (χ2v) is 4.19. The Hall–Kier alpha value is -1.97. The van der Waals surface area contributed by atoms with Crippen LogP contribution in [-0.2, 0) is 6.18 Å². The SMILES string of the molecule is CCN(CC(C)C#N)c1cc(C(F)(F)F)ncc1N. The van der Waals surface area contributed by atoms with Crippen molar-refractivity contribution >= 4 is 11.4 Å². The van der Waals surface area contributed by atoms with Crippen molar-refractivity contribution < 1.29 is 13.2 Å². The molecule has 0 radical (unpaired) electrons. The highest BCUT2D eigenvalue weighted by atomic mass is 19.4. The summed E-state index contributed by atoms with van der Waals surface area (Å²) in [6, 6.07) is 2.96. The van der Waals surface area contributed by atoms with E-state index in [4.69, 9.17) is 11.0 Å². The van der Waals surface area contributed by atoms with Crippen molar-refractivity contribution in [2.45, 2.75) is 20.0 Å². The minimum atomic E-state index is -4.51. The molecule has 0 amide bonds. The molecule has 104 valence electrons. The summed E-state index contributed by atoms with van der Waals surface area (Å²) in [6.45, 7) is 4.26. The lowest BCUT2D eigenvalue weighted by Gasteiger charge is -2.26. The molecule has 7 heteroatoms. The van der Waals surface area contributed by atoms with Crippen molar-refractivity contribution in [3.63, 3.8) is 0 Å². The Morgan fingerprint density at radius 3 is 2.63 bits per heavy atom. The molecule has 4 nitrogen and oxygen atoms in total. The maximum Gasteiger partial charge on any atom is 0.433 e. The van der Waals surface area contributed by atoms with E-state index in [1.54, 1.807) is 18.7 Å². The maximum atomic E-state index is 12.6. The van der Waals surface area contributed by atoms with E-state index >= 15 is 0 Å². The van der Waals surface area contributed by atoms with Crippen LogP contribution < -0.4 is 10.6 Å². The molecule has 1 aromatic rings. The van der Waals surface area contributed by atoms with Crippen molar-refractivity contribution in [3.8, 4) is 6.07 Å². The van der Waals surface area contributed by atoms with Gasteiger partial charge in [-0.3, -0.25) is 0 Å². The number of nitrogens with zero attached hydrogens (tertiary/aromatic N) is 3. The molecule has 1 unspecified atom stereocenters. The van der Waals surface area contributed by atoms with Crippen LogP contribution in [0.5, 0.6) is 0 Å². The van der Waals surface area contributed by atoms with Gasteiger partial charge in [0.1, 0.15) is 5.69 Å². The molecule has 0 spiro atoms. The van der Waals surface area contributed by atoms with Gasteiger partial charge in [-0.2, -0.15) is 18.4 Å². The fourth-order valence-corrected chi connectivity index (χ4v) is 1.65. The summed E-state index contributed by atoms with van der Waals surface area (Å²) >= 11 is 0. The van der Waals surface area contributed by atoms with Gasteiger partial charge in [0.25, 0.3) is 0 Å². The molecule has 0 bridgehead atoms. The Morgan fingerprint density at radius 1 is 1.53 bits per heavy atom. The standard InChI is InChI=1S/C12H15F3N4/c1-3-19(7-8(2)5-16)10-4-11(12(13,14)15)18-6-9(10)17/h4,6,8H,3,7,17H2,1-2H3. The van der Waals surface area contributed by atoms with Gasteiger partial charge in [0.15, 0.2) is 0 Å². The van der Waals surface area contributed by atoms with E-state index in [1.165, 1.54) is 0 Å². The van der Waals surface area contributed by atoms with Gasteiger partial charge >= 0.3 is 6.18 Å². The van der Waals surface area contributed by atoms with Crippen LogP contribution in [0, 0.1) is 17.2 Å². The summed E-state index contributed by atoms with van der Waals surface area (Å²) in [7, 11) is 0. The normalized spacial score (nSPS) is 12.8. The minimum absolute atomic E-state index is 0.167. The molecule has 0 aliphatic heterocycles. The monoisotopic (exact) mass is 272 g/mol.